The molecule has 0 fully saturated rings. The van der Waals surface area contributed by atoms with Gasteiger partial charge in [0.15, 0.2) is 5.78 Å². The summed E-state index contributed by atoms with van der Waals surface area (Å²) in [6.07, 6.45) is 3.10. The van der Waals surface area contributed by atoms with Gasteiger partial charge in [0.1, 0.15) is 0 Å². The lowest BCUT2D eigenvalue weighted by Crippen LogP contribution is -2.06. The van der Waals surface area contributed by atoms with Gasteiger partial charge in [-0.05, 0) is 5.56 Å². The van der Waals surface area contributed by atoms with Gasteiger partial charge < -0.3 is 5.32 Å². The first kappa shape index (κ1) is 13.9. The number of benzene rings is 2. The second-order valence-electron chi connectivity index (χ2n) is 4.83. The van der Waals surface area contributed by atoms with Gasteiger partial charge in [0, 0.05) is 24.5 Å². The molecule has 0 aliphatic heterocycles. The average Bonchev–Trinajstić information content (AvgIpc) is 2.61. The first-order valence-corrected chi connectivity index (χ1v) is 7.02. The molecule has 3 rings (SSSR count). The number of hydrogen-bond acceptors (Lipinski definition) is 4. The Kier molecular flexibility index (Phi) is 4.20. The standard InChI is InChI=1S/C18H15N3O/c22-17(15-9-5-2-6-10-15)16-12-20-18(21-13-16)19-11-14-7-3-1-4-8-14/h1-10,12-13H,11H2,(H,19,20,21). The lowest BCUT2D eigenvalue weighted by Gasteiger charge is -2.05. The van der Waals surface area contributed by atoms with Crippen LogP contribution in [0.25, 0.3) is 0 Å². The summed E-state index contributed by atoms with van der Waals surface area (Å²) in [5.74, 6) is 0.434. The third-order valence-corrected chi connectivity index (χ3v) is 3.24. The fourth-order valence-corrected chi connectivity index (χ4v) is 2.07. The molecule has 0 radical (unpaired) electrons. The second kappa shape index (κ2) is 6.63. The van der Waals surface area contributed by atoms with Crippen molar-refractivity contribution in [2.45, 2.75) is 6.54 Å². The van der Waals surface area contributed by atoms with E-state index in [-0.39, 0.29) is 5.78 Å². The lowest BCUT2D eigenvalue weighted by atomic mass is 10.1. The summed E-state index contributed by atoms with van der Waals surface area (Å²) in [5.41, 5.74) is 2.27. The van der Waals surface area contributed by atoms with Gasteiger partial charge in [-0.15, -0.1) is 0 Å². The molecule has 0 aliphatic carbocycles. The van der Waals surface area contributed by atoms with Crippen LogP contribution >= 0.6 is 0 Å². The molecule has 0 spiro atoms. The van der Waals surface area contributed by atoms with Crippen LogP contribution in [0.4, 0.5) is 5.95 Å². The SMILES string of the molecule is O=C(c1ccccc1)c1cnc(NCc2ccccc2)nc1. The van der Waals surface area contributed by atoms with Gasteiger partial charge in [0.25, 0.3) is 0 Å². The topological polar surface area (TPSA) is 54.9 Å². The number of anilines is 1. The molecule has 1 heterocycles. The van der Waals surface area contributed by atoms with Crippen molar-refractivity contribution >= 4 is 11.7 Å². The van der Waals surface area contributed by atoms with Crippen LogP contribution in [0.1, 0.15) is 21.5 Å². The van der Waals surface area contributed by atoms with Crippen molar-refractivity contribution in [1.29, 1.82) is 0 Å². The summed E-state index contributed by atoms with van der Waals surface area (Å²) in [4.78, 5) is 20.6. The van der Waals surface area contributed by atoms with Crippen LogP contribution in [-0.2, 0) is 6.54 Å². The van der Waals surface area contributed by atoms with Crippen LogP contribution in [0.15, 0.2) is 73.1 Å². The number of rotatable bonds is 5. The van der Waals surface area contributed by atoms with Gasteiger partial charge in [-0.3, -0.25) is 4.79 Å². The van der Waals surface area contributed by atoms with E-state index >= 15 is 0 Å². The predicted molar refractivity (Wildman–Crippen MR) is 85.7 cm³/mol. The van der Waals surface area contributed by atoms with Crippen LogP contribution < -0.4 is 5.32 Å². The molecule has 0 unspecified atom stereocenters. The Labute approximate surface area is 128 Å². The molecule has 0 atom stereocenters. The molecule has 0 bridgehead atoms. The van der Waals surface area contributed by atoms with E-state index in [0.29, 0.717) is 23.6 Å². The smallest absolute Gasteiger partial charge is 0.222 e. The Morgan fingerprint density at radius 3 is 2.05 bits per heavy atom. The highest BCUT2D eigenvalue weighted by atomic mass is 16.1. The van der Waals surface area contributed by atoms with Crippen molar-refractivity contribution in [2.24, 2.45) is 0 Å². The molecule has 22 heavy (non-hydrogen) atoms. The number of ketones is 1. The van der Waals surface area contributed by atoms with Crippen molar-refractivity contribution in [2.75, 3.05) is 5.32 Å². The maximum Gasteiger partial charge on any atom is 0.222 e. The largest absolute Gasteiger partial charge is 0.350 e. The summed E-state index contributed by atoms with van der Waals surface area (Å²) in [6, 6.07) is 19.1. The van der Waals surface area contributed by atoms with E-state index in [4.69, 9.17) is 0 Å². The fraction of sp³-hybridized carbons (Fsp3) is 0.0556. The first-order chi connectivity index (χ1) is 10.8. The number of nitrogens with one attached hydrogen (secondary N) is 1. The zero-order chi connectivity index (χ0) is 15.2. The highest BCUT2D eigenvalue weighted by molar-refractivity contribution is 6.08. The molecule has 1 N–H and O–H groups in total. The van der Waals surface area contributed by atoms with Gasteiger partial charge in [-0.2, -0.15) is 0 Å². The van der Waals surface area contributed by atoms with Crippen molar-refractivity contribution in [1.82, 2.24) is 9.97 Å². The Bertz CT molecular complexity index is 740. The molecule has 0 saturated heterocycles. The number of carbonyl (C=O) groups is 1. The highest BCUT2D eigenvalue weighted by Gasteiger charge is 2.09. The lowest BCUT2D eigenvalue weighted by molar-refractivity contribution is 0.103. The summed E-state index contributed by atoms with van der Waals surface area (Å²) >= 11 is 0. The van der Waals surface area contributed by atoms with Gasteiger partial charge in [-0.1, -0.05) is 60.7 Å². The van der Waals surface area contributed by atoms with E-state index in [2.05, 4.69) is 15.3 Å². The zero-order valence-corrected chi connectivity index (χ0v) is 11.9. The van der Waals surface area contributed by atoms with Gasteiger partial charge in [-0.25, -0.2) is 9.97 Å². The molecule has 1 aromatic heterocycles. The molecular formula is C18H15N3O. The summed E-state index contributed by atoms with van der Waals surface area (Å²) in [7, 11) is 0. The maximum atomic E-state index is 12.2. The van der Waals surface area contributed by atoms with Gasteiger partial charge in [0.2, 0.25) is 5.95 Å². The molecule has 0 amide bonds. The highest BCUT2D eigenvalue weighted by Crippen LogP contribution is 2.09. The number of carbonyl (C=O) groups excluding carboxylic acids is 1. The molecule has 3 aromatic rings. The van der Waals surface area contributed by atoms with E-state index in [0.717, 1.165) is 5.56 Å². The minimum Gasteiger partial charge on any atom is -0.350 e. The summed E-state index contributed by atoms with van der Waals surface area (Å²) in [5, 5.41) is 3.13. The van der Waals surface area contributed by atoms with Gasteiger partial charge in [0.05, 0.1) is 5.56 Å². The van der Waals surface area contributed by atoms with E-state index in [1.807, 2.05) is 48.5 Å². The molecule has 2 aromatic carbocycles. The fourth-order valence-electron chi connectivity index (χ4n) is 2.07. The van der Waals surface area contributed by atoms with E-state index < -0.39 is 0 Å². The Balaban J connectivity index is 1.67. The number of aromatic nitrogens is 2. The van der Waals surface area contributed by atoms with Crippen LogP contribution in [0.2, 0.25) is 0 Å². The minimum atomic E-state index is -0.0739. The first-order valence-electron chi connectivity index (χ1n) is 7.02. The molecule has 108 valence electrons. The van der Waals surface area contributed by atoms with Crippen molar-refractivity contribution < 1.29 is 4.79 Å². The third kappa shape index (κ3) is 3.35. The average molecular weight is 289 g/mol. The molecule has 4 nitrogen and oxygen atoms in total. The normalized spacial score (nSPS) is 10.2. The predicted octanol–water partition coefficient (Wildman–Crippen LogP) is 3.32. The number of nitrogens with zero attached hydrogens (tertiary/aromatic N) is 2. The van der Waals surface area contributed by atoms with Crippen molar-refractivity contribution in [3.05, 3.63) is 89.7 Å². The minimum absolute atomic E-state index is 0.0739. The van der Waals surface area contributed by atoms with Gasteiger partial charge >= 0.3 is 0 Å². The van der Waals surface area contributed by atoms with Crippen LogP contribution in [0.5, 0.6) is 0 Å². The zero-order valence-electron chi connectivity index (χ0n) is 11.9. The van der Waals surface area contributed by atoms with Crippen molar-refractivity contribution in [3.8, 4) is 0 Å². The van der Waals surface area contributed by atoms with E-state index in [1.165, 1.54) is 0 Å². The van der Waals surface area contributed by atoms with Crippen LogP contribution in [0, 0.1) is 0 Å². The Morgan fingerprint density at radius 1 is 0.818 bits per heavy atom. The van der Waals surface area contributed by atoms with Crippen LogP contribution in [0.3, 0.4) is 0 Å². The molecule has 0 aliphatic rings. The van der Waals surface area contributed by atoms with Crippen LogP contribution in [-0.4, -0.2) is 15.8 Å². The molecule has 4 heteroatoms. The Morgan fingerprint density at radius 2 is 1.41 bits per heavy atom. The van der Waals surface area contributed by atoms with Crippen molar-refractivity contribution in [3.63, 3.8) is 0 Å². The monoisotopic (exact) mass is 289 g/mol. The molecular weight excluding hydrogens is 274 g/mol. The summed E-state index contributed by atoms with van der Waals surface area (Å²) < 4.78 is 0. The van der Waals surface area contributed by atoms with E-state index in [9.17, 15) is 4.79 Å². The summed E-state index contributed by atoms with van der Waals surface area (Å²) in [6.45, 7) is 0.646. The Hall–Kier alpha value is -3.01. The third-order valence-electron chi connectivity index (χ3n) is 3.24. The number of hydrogen-bond donors (Lipinski definition) is 1. The second-order valence-corrected chi connectivity index (χ2v) is 4.83. The maximum absolute atomic E-state index is 12.2. The van der Waals surface area contributed by atoms with E-state index in [1.54, 1.807) is 24.5 Å². The molecule has 0 saturated carbocycles. The quantitative estimate of drug-likeness (QED) is 0.732.